The summed E-state index contributed by atoms with van der Waals surface area (Å²) in [5, 5.41) is 75.2. The zero-order valence-corrected chi connectivity index (χ0v) is 27.2. The third-order valence-electron chi connectivity index (χ3n) is 11.1. The number of ketones is 1. The third kappa shape index (κ3) is 6.61. The van der Waals surface area contributed by atoms with Crippen LogP contribution in [0.3, 0.4) is 0 Å². The summed E-state index contributed by atoms with van der Waals surface area (Å²) >= 11 is 0. The predicted octanol–water partition coefficient (Wildman–Crippen LogP) is 2.93. The molecule has 7 N–H and O–H groups in total. The van der Waals surface area contributed by atoms with E-state index in [1.807, 2.05) is 0 Å². The molecular weight excluding hydrogens is 612 g/mol. The van der Waals surface area contributed by atoms with Gasteiger partial charge in [0.05, 0.1) is 29.7 Å². The molecule has 2 saturated heterocycles. The molecule has 0 aromatic heterocycles. The van der Waals surface area contributed by atoms with Crippen molar-refractivity contribution in [3.05, 3.63) is 34.9 Å². The molecule has 2 heterocycles. The summed E-state index contributed by atoms with van der Waals surface area (Å²) in [6, 6.07) is 3.96. The highest BCUT2D eigenvalue weighted by atomic mass is 16.7. The van der Waals surface area contributed by atoms with Crippen molar-refractivity contribution < 1.29 is 59.5 Å². The lowest BCUT2D eigenvalue weighted by Crippen LogP contribution is -2.68. The van der Waals surface area contributed by atoms with Crippen LogP contribution in [0.4, 0.5) is 0 Å². The van der Waals surface area contributed by atoms with E-state index in [4.69, 9.17) is 14.2 Å². The minimum Gasteiger partial charge on any atom is -0.506 e. The Bertz CT molecular complexity index is 1470. The number of aryl methyl sites for hydroxylation is 1. The molecule has 5 rings (SSSR count). The van der Waals surface area contributed by atoms with E-state index in [9.17, 15) is 45.3 Å². The van der Waals surface area contributed by atoms with Gasteiger partial charge < -0.3 is 50.0 Å². The molecule has 47 heavy (non-hydrogen) atoms. The lowest BCUT2D eigenvalue weighted by molar-refractivity contribution is -0.315. The number of aromatic carboxylic acids is 1. The van der Waals surface area contributed by atoms with Gasteiger partial charge in [0.1, 0.15) is 35.4 Å². The number of benzene rings is 2. The summed E-state index contributed by atoms with van der Waals surface area (Å²) in [7, 11) is 0. The van der Waals surface area contributed by atoms with E-state index in [1.165, 1.54) is 19.1 Å². The molecular formula is C35H48O12. The van der Waals surface area contributed by atoms with E-state index in [2.05, 4.69) is 6.92 Å². The second-order valence-corrected chi connectivity index (χ2v) is 14.0. The highest BCUT2D eigenvalue weighted by Gasteiger charge is 2.56. The number of carbonyl (C=O) groups is 2. The van der Waals surface area contributed by atoms with Gasteiger partial charge >= 0.3 is 5.97 Å². The summed E-state index contributed by atoms with van der Waals surface area (Å²) in [4.78, 5) is 24.2. The fourth-order valence-corrected chi connectivity index (χ4v) is 8.62. The number of hydrogen-bond acceptors (Lipinski definition) is 11. The van der Waals surface area contributed by atoms with Crippen molar-refractivity contribution in [1.29, 1.82) is 0 Å². The van der Waals surface area contributed by atoms with Gasteiger partial charge in [-0.1, -0.05) is 13.0 Å². The maximum atomic E-state index is 12.3. The second kappa shape index (κ2) is 13.9. The number of carbonyl (C=O) groups excluding carboxylic acids is 1. The molecule has 0 bridgehead atoms. The molecule has 1 aliphatic carbocycles. The fourth-order valence-electron chi connectivity index (χ4n) is 8.62. The number of carboxylic acid groups (broad SMARTS) is 1. The van der Waals surface area contributed by atoms with E-state index in [1.54, 1.807) is 6.92 Å². The van der Waals surface area contributed by atoms with Crippen molar-refractivity contribution in [2.24, 2.45) is 23.2 Å². The number of aromatic hydroxyl groups is 1. The molecule has 2 aromatic carbocycles. The lowest BCUT2D eigenvalue weighted by atomic mass is 9.64. The van der Waals surface area contributed by atoms with Crippen LogP contribution in [0.1, 0.15) is 85.1 Å². The Morgan fingerprint density at radius 3 is 2.55 bits per heavy atom. The Balaban J connectivity index is 1.37. The molecule has 12 heteroatoms. The molecule has 1 saturated carbocycles. The number of rotatable bonds is 11. The first-order chi connectivity index (χ1) is 22.3. The molecule has 0 unspecified atom stereocenters. The number of carboxylic acids is 1. The Kier molecular flexibility index (Phi) is 10.5. The predicted molar refractivity (Wildman–Crippen MR) is 169 cm³/mol. The lowest BCUT2D eigenvalue weighted by Gasteiger charge is -2.49. The maximum Gasteiger partial charge on any atom is 0.335 e. The highest BCUT2D eigenvalue weighted by molar-refractivity contribution is 6.08. The second-order valence-electron chi connectivity index (χ2n) is 14.0. The van der Waals surface area contributed by atoms with Gasteiger partial charge in [-0.2, -0.15) is 0 Å². The summed E-state index contributed by atoms with van der Waals surface area (Å²) in [5.74, 6) is -1.54. The van der Waals surface area contributed by atoms with E-state index >= 15 is 0 Å². The van der Waals surface area contributed by atoms with Crippen molar-refractivity contribution in [2.45, 2.75) is 95.9 Å². The maximum absolute atomic E-state index is 12.3. The number of phenols is 1. The summed E-state index contributed by atoms with van der Waals surface area (Å²) < 4.78 is 17.7. The van der Waals surface area contributed by atoms with Gasteiger partial charge in [0.15, 0.2) is 5.78 Å². The number of aliphatic hydroxyl groups is 5. The van der Waals surface area contributed by atoms with Crippen LogP contribution in [-0.4, -0.2) is 104 Å². The van der Waals surface area contributed by atoms with Gasteiger partial charge in [-0.25, -0.2) is 4.79 Å². The molecule has 260 valence electrons. The van der Waals surface area contributed by atoms with Crippen LogP contribution < -0.4 is 4.74 Å². The van der Waals surface area contributed by atoms with Crippen molar-refractivity contribution in [2.75, 3.05) is 26.4 Å². The van der Waals surface area contributed by atoms with E-state index in [-0.39, 0.29) is 52.0 Å². The number of fused-ring (bicyclic) bond motifs is 1. The standard InChI is InChI=1S/C35H48O12/c1-18(24-7-11-45-17-34(24)8-5-21(15-34)6-10-36)4-9-35(44)26(16-37)47-33(30(40)31(35)41)46-25-14-23(32(42)43)13-22-12-19(2)27(20(3)38)29(39)28(22)25/h12-14,18,21,24,26,30-31,33,36-37,39-41,44H,4-11,15-17H2,1-3H3,(H,42,43)/t18-,21-,24-,26-,30-,31-,33-,34-,35-/m1/s1. The number of phenolic OH excluding ortho intramolecular Hbond substituents is 1. The van der Waals surface area contributed by atoms with Crippen LogP contribution in [-0.2, 0) is 9.47 Å². The molecule has 0 amide bonds. The van der Waals surface area contributed by atoms with Crippen LogP contribution >= 0.6 is 0 Å². The third-order valence-corrected chi connectivity index (χ3v) is 11.1. The SMILES string of the molecule is CC(=O)c1c(C)cc2cc(C(=O)O)cc(O[C@@H]3O[C@H](CO)[C@](O)(CC[C@@H](C)[C@H]4CCOC[C@]45CC[C@H](CCO)C5)[C@H](O)[C@H]3O)c2c1O. The average Bonchev–Trinajstić information content (AvgIpc) is 3.42. The highest BCUT2D eigenvalue weighted by Crippen LogP contribution is 2.54. The zero-order chi connectivity index (χ0) is 34.3. The Labute approximate surface area is 273 Å². The molecule has 1 spiro atoms. The van der Waals surface area contributed by atoms with E-state index in [0.717, 1.165) is 38.2 Å². The number of hydrogen-bond donors (Lipinski definition) is 7. The van der Waals surface area contributed by atoms with Crippen LogP contribution in [0.5, 0.6) is 11.5 Å². The summed E-state index contributed by atoms with van der Waals surface area (Å²) in [6.45, 7) is 5.72. The quantitative estimate of drug-likeness (QED) is 0.174. The molecule has 12 nitrogen and oxygen atoms in total. The Morgan fingerprint density at radius 2 is 1.89 bits per heavy atom. The number of aliphatic hydroxyl groups excluding tert-OH is 4. The smallest absolute Gasteiger partial charge is 0.335 e. The monoisotopic (exact) mass is 660 g/mol. The van der Waals surface area contributed by atoms with E-state index in [0.29, 0.717) is 37.0 Å². The minimum absolute atomic E-state index is 0.00447. The van der Waals surface area contributed by atoms with Crippen LogP contribution in [0.25, 0.3) is 10.8 Å². The van der Waals surface area contributed by atoms with E-state index < -0.39 is 54.3 Å². The average molecular weight is 661 g/mol. The first-order valence-corrected chi connectivity index (χ1v) is 16.5. The normalized spacial score (nSPS) is 33.3. The molecule has 3 fully saturated rings. The Hall–Kier alpha value is -2.84. The fraction of sp³-hybridized carbons (Fsp3) is 0.657. The molecule has 0 radical (unpaired) electrons. The van der Waals surface area contributed by atoms with Gasteiger partial charge in [0.25, 0.3) is 0 Å². The zero-order valence-electron chi connectivity index (χ0n) is 27.2. The topological polar surface area (TPSA) is 203 Å². The number of Topliss-reactive ketones (excluding diaryl/α,β-unsaturated/α-hetero) is 1. The van der Waals surface area contributed by atoms with Crippen molar-refractivity contribution >= 4 is 22.5 Å². The van der Waals surface area contributed by atoms with Crippen molar-refractivity contribution in [3.8, 4) is 11.5 Å². The molecule has 2 aromatic rings. The van der Waals surface area contributed by atoms with Gasteiger partial charge in [-0.3, -0.25) is 4.79 Å². The first kappa shape index (κ1) is 35.5. The summed E-state index contributed by atoms with van der Waals surface area (Å²) in [6.07, 6.45) is -1.59. The molecule has 9 atom stereocenters. The minimum atomic E-state index is -2.04. The van der Waals surface area contributed by atoms with Gasteiger partial charge in [-0.05, 0) is 105 Å². The van der Waals surface area contributed by atoms with Crippen LogP contribution in [0.2, 0.25) is 0 Å². The van der Waals surface area contributed by atoms with Crippen LogP contribution in [0.15, 0.2) is 18.2 Å². The van der Waals surface area contributed by atoms with Gasteiger partial charge in [0, 0.05) is 13.2 Å². The van der Waals surface area contributed by atoms with Gasteiger partial charge in [-0.15, -0.1) is 0 Å². The van der Waals surface area contributed by atoms with Crippen molar-refractivity contribution in [1.82, 2.24) is 0 Å². The summed E-state index contributed by atoms with van der Waals surface area (Å²) in [5.41, 5.74) is -1.82. The largest absolute Gasteiger partial charge is 0.506 e. The molecule has 3 aliphatic rings. The molecule has 2 aliphatic heterocycles. The van der Waals surface area contributed by atoms with Crippen LogP contribution in [0, 0.1) is 30.1 Å². The Morgan fingerprint density at radius 1 is 1.15 bits per heavy atom. The number of ether oxygens (including phenoxy) is 3. The first-order valence-electron chi connectivity index (χ1n) is 16.5. The van der Waals surface area contributed by atoms with Gasteiger partial charge in [0.2, 0.25) is 6.29 Å². The van der Waals surface area contributed by atoms with Crippen molar-refractivity contribution in [3.63, 3.8) is 0 Å².